The molecule has 0 aliphatic rings. The van der Waals surface area contributed by atoms with Gasteiger partial charge in [0.05, 0.1) is 0 Å². The summed E-state index contributed by atoms with van der Waals surface area (Å²) in [6.07, 6.45) is 1.58. The van der Waals surface area contributed by atoms with Crippen LogP contribution in [0, 0.1) is 0 Å². The number of anilines is 1. The first-order valence-corrected chi connectivity index (χ1v) is 6.31. The van der Waals surface area contributed by atoms with Crippen molar-refractivity contribution >= 4 is 18.2 Å². The summed E-state index contributed by atoms with van der Waals surface area (Å²) in [6, 6.07) is 2.76. The van der Waals surface area contributed by atoms with Crippen LogP contribution in [0.3, 0.4) is 0 Å². The number of ether oxygens (including phenoxy) is 1. The Balaban J connectivity index is 2.76. The molecule has 1 atom stereocenters. The van der Waals surface area contributed by atoms with E-state index in [4.69, 9.17) is 4.74 Å². The third-order valence-electron chi connectivity index (χ3n) is 2.40. The van der Waals surface area contributed by atoms with E-state index in [0.29, 0.717) is 11.8 Å². The van der Waals surface area contributed by atoms with Crippen LogP contribution in [0.2, 0.25) is 0 Å². The summed E-state index contributed by atoms with van der Waals surface area (Å²) in [5.41, 5.74) is 0.00123. The molecule has 0 saturated heterocycles. The molecule has 0 radical (unpaired) electrons. The molecule has 0 fully saturated rings. The number of nitrogens with one attached hydrogen (secondary N) is 1. The van der Waals surface area contributed by atoms with Crippen molar-refractivity contribution in [3.63, 3.8) is 0 Å². The van der Waals surface area contributed by atoms with Crippen molar-refractivity contribution in [3.05, 3.63) is 23.9 Å². The van der Waals surface area contributed by atoms with Gasteiger partial charge in [-0.3, -0.25) is 0 Å². The van der Waals surface area contributed by atoms with Crippen LogP contribution in [-0.2, 0) is 9.53 Å². The number of hydrogen-bond acceptors (Lipinski definition) is 5. The molecular weight excluding hydrogens is 258 g/mol. The molecule has 0 spiro atoms. The third-order valence-corrected chi connectivity index (χ3v) is 2.40. The SMILES string of the molecule is CN(C)c1ccc(C(C=O)NC(=O)OC(C)(C)C)cn1. The number of hydrogen-bond donors (Lipinski definition) is 1. The fourth-order valence-corrected chi connectivity index (χ4v) is 1.48. The van der Waals surface area contributed by atoms with Crippen LogP contribution in [0.1, 0.15) is 32.4 Å². The summed E-state index contributed by atoms with van der Waals surface area (Å²) in [4.78, 5) is 28.8. The maximum Gasteiger partial charge on any atom is 0.408 e. The summed E-state index contributed by atoms with van der Waals surface area (Å²) in [5.74, 6) is 0.774. The Kier molecular flexibility index (Phi) is 5.07. The number of carbonyl (C=O) groups is 2. The molecule has 0 aliphatic heterocycles. The van der Waals surface area contributed by atoms with Gasteiger partial charge >= 0.3 is 6.09 Å². The summed E-state index contributed by atoms with van der Waals surface area (Å²) in [5, 5.41) is 2.51. The van der Waals surface area contributed by atoms with E-state index in [2.05, 4.69) is 10.3 Å². The molecule has 0 bridgehead atoms. The molecule has 0 saturated carbocycles. The molecule has 1 amide bonds. The summed E-state index contributed by atoms with van der Waals surface area (Å²) < 4.78 is 5.12. The van der Waals surface area contributed by atoms with E-state index in [1.807, 2.05) is 19.0 Å². The van der Waals surface area contributed by atoms with Gasteiger partial charge in [-0.1, -0.05) is 6.07 Å². The number of pyridine rings is 1. The molecule has 1 heterocycles. The van der Waals surface area contributed by atoms with Crippen LogP contribution in [0.5, 0.6) is 0 Å². The average Bonchev–Trinajstić information content (AvgIpc) is 2.34. The highest BCUT2D eigenvalue weighted by molar-refractivity contribution is 5.74. The zero-order valence-corrected chi connectivity index (χ0v) is 12.5. The van der Waals surface area contributed by atoms with Gasteiger partial charge < -0.3 is 19.7 Å². The van der Waals surface area contributed by atoms with Gasteiger partial charge in [-0.25, -0.2) is 9.78 Å². The average molecular weight is 279 g/mol. The predicted molar refractivity (Wildman–Crippen MR) is 76.7 cm³/mol. The standard InChI is InChI=1S/C14H21N3O3/c1-14(2,3)20-13(19)16-11(9-18)10-6-7-12(15-8-10)17(4)5/h6-9,11H,1-5H3,(H,16,19). The van der Waals surface area contributed by atoms with E-state index in [-0.39, 0.29) is 0 Å². The molecule has 6 heteroatoms. The molecule has 1 unspecified atom stereocenters. The lowest BCUT2D eigenvalue weighted by molar-refractivity contribution is -0.109. The smallest absolute Gasteiger partial charge is 0.408 e. The summed E-state index contributed by atoms with van der Waals surface area (Å²) in [6.45, 7) is 5.28. The van der Waals surface area contributed by atoms with Crippen LogP contribution in [0.15, 0.2) is 18.3 Å². The second-order valence-electron chi connectivity index (χ2n) is 5.60. The van der Waals surface area contributed by atoms with Crippen LogP contribution in [0.25, 0.3) is 0 Å². The molecule has 1 aromatic rings. The highest BCUT2D eigenvalue weighted by Gasteiger charge is 2.20. The highest BCUT2D eigenvalue weighted by atomic mass is 16.6. The summed E-state index contributed by atoms with van der Waals surface area (Å²) in [7, 11) is 3.75. The van der Waals surface area contributed by atoms with E-state index in [9.17, 15) is 9.59 Å². The third kappa shape index (κ3) is 4.87. The number of nitrogens with zero attached hydrogens (tertiary/aromatic N) is 2. The first-order valence-electron chi connectivity index (χ1n) is 6.31. The van der Waals surface area contributed by atoms with Crippen LogP contribution < -0.4 is 10.2 Å². The van der Waals surface area contributed by atoms with E-state index in [1.54, 1.807) is 39.1 Å². The van der Waals surface area contributed by atoms with Gasteiger partial charge in [0.15, 0.2) is 0 Å². The maximum absolute atomic E-state index is 11.7. The zero-order valence-electron chi connectivity index (χ0n) is 12.5. The Morgan fingerprint density at radius 2 is 2.05 bits per heavy atom. The van der Waals surface area contributed by atoms with Gasteiger partial charge in [0.2, 0.25) is 0 Å². The minimum atomic E-state index is -0.770. The van der Waals surface area contributed by atoms with Crippen molar-refractivity contribution in [2.24, 2.45) is 0 Å². The van der Waals surface area contributed by atoms with Crippen molar-refractivity contribution in [1.82, 2.24) is 10.3 Å². The van der Waals surface area contributed by atoms with Crippen molar-refractivity contribution in [2.75, 3.05) is 19.0 Å². The number of carbonyl (C=O) groups excluding carboxylic acids is 2. The molecule has 0 aliphatic carbocycles. The fraction of sp³-hybridized carbons (Fsp3) is 0.500. The first-order chi connectivity index (χ1) is 9.23. The Morgan fingerprint density at radius 3 is 2.45 bits per heavy atom. The van der Waals surface area contributed by atoms with Gasteiger partial charge in [-0.2, -0.15) is 0 Å². The van der Waals surface area contributed by atoms with E-state index in [0.717, 1.165) is 5.82 Å². The maximum atomic E-state index is 11.7. The molecule has 6 nitrogen and oxygen atoms in total. The van der Waals surface area contributed by atoms with Crippen molar-refractivity contribution in [2.45, 2.75) is 32.4 Å². The molecule has 110 valence electrons. The van der Waals surface area contributed by atoms with Crippen molar-refractivity contribution in [3.8, 4) is 0 Å². The highest BCUT2D eigenvalue weighted by Crippen LogP contribution is 2.15. The van der Waals surface area contributed by atoms with Gasteiger partial charge in [-0.05, 0) is 26.8 Å². The quantitative estimate of drug-likeness (QED) is 0.852. The summed E-state index contributed by atoms with van der Waals surface area (Å²) >= 11 is 0. The van der Waals surface area contributed by atoms with Crippen LogP contribution in [0.4, 0.5) is 10.6 Å². The normalized spacial score (nSPS) is 12.4. The number of aromatic nitrogens is 1. The second-order valence-corrected chi connectivity index (χ2v) is 5.60. The largest absolute Gasteiger partial charge is 0.444 e. The molecule has 1 rings (SSSR count). The molecule has 1 N–H and O–H groups in total. The van der Waals surface area contributed by atoms with Crippen molar-refractivity contribution < 1.29 is 14.3 Å². The molecule has 20 heavy (non-hydrogen) atoms. The van der Waals surface area contributed by atoms with Crippen LogP contribution in [-0.4, -0.2) is 37.1 Å². The Labute approximate surface area is 119 Å². The number of rotatable bonds is 4. The monoisotopic (exact) mass is 279 g/mol. The molecule has 1 aromatic heterocycles. The van der Waals surface area contributed by atoms with E-state index < -0.39 is 17.7 Å². The first kappa shape index (κ1) is 15.9. The molecule has 0 aromatic carbocycles. The van der Waals surface area contributed by atoms with Gasteiger partial charge in [0.25, 0.3) is 0 Å². The lowest BCUT2D eigenvalue weighted by Gasteiger charge is -2.21. The minimum Gasteiger partial charge on any atom is -0.444 e. The minimum absolute atomic E-state index is 0.607. The number of alkyl carbamates (subject to hydrolysis) is 1. The van der Waals surface area contributed by atoms with E-state index >= 15 is 0 Å². The van der Waals surface area contributed by atoms with E-state index in [1.165, 1.54) is 0 Å². The van der Waals surface area contributed by atoms with Crippen molar-refractivity contribution in [1.29, 1.82) is 0 Å². The van der Waals surface area contributed by atoms with Crippen LogP contribution >= 0.6 is 0 Å². The Bertz CT molecular complexity index is 464. The van der Waals surface area contributed by atoms with Gasteiger partial charge in [0, 0.05) is 25.9 Å². The lowest BCUT2D eigenvalue weighted by Crippen LogP contribution is -2.35. The lowest BCUT2D eigenvalue weighted by atomic mass is 10.1. The Morgan fingerprint density at radius 1 is 1.40 bits per heavy atom. The number of aldehydes is 1. The topological polar surface area (TPSA) is 71.5 Å². The second kappa shape index (κ2) is 6.36. The Hall–Kier alpha value is -2.11. The molecular formula is C14H21N3O3. The zero-order chi connectivity index (χ0) is 15.3. The van der Waals surface area contributed by atoms with Gasteiger partial charge in [-0.15, -0.1) is 0 Å². The van der Waals surface area contributed by atoms with Gasteiger partial charge in [0.1, 0.15) is 23.7 Å². The fourth-order valence-electron chi connectivity index (χ4n) is 1.48. The number of amides is 1. The predicted octanol–water partition coefficient (Wildman–Crippen LogP) is 1.91.